The molecule has 12 heteroatoms. The smallest absolute Gasteiger partial charge is 0.240 e. The Hall–Kier alpha value is -4.10. The average Bonchev–Trinajstić information content (AvgIpc) is 3.06. The first-order valence-corrected chi connectivity index (χ1v) is 17.1. The number of hydrogen-bond donors (Lipinski definition) is 3. The molecule has 2 aromatic carbocycles. The number of nitrogens with two attached hydrogens (primary N) is 1. The molecule has 1 heterocycles. The van der Waals surface area contributed by atoms with Crippen LogP contribution in [0.1, 0.15) is 62.6 Å². The molecule has 1 aliphatic carbocycles. The molecule has 0 saturated carbocycles. The van der Waals surface area contributed by atoms with Crippen LogP contribution in [0.2, 0.25) is 0 Å². The summed E-state index contributed by atoms with van der Waals surface area (Å²) in [4.78, 5) is 51.1. The molecule has 12 nitrogen and oxygen atoms in total. The van der Waals surface area contributed by atoms with Crippen LogP contribution in [0.15, 0.2) is 48.5 Å². The summed E-state index contributed by atoms with van der Waals surface area (Å²) in [5, 5.41) is 5.44. The Morgan fingerprint density at radius 3 is 1.92 bits per heavy atom. The zero-order valence-corrected chi connectivity index (χ0v) is 28.7. The number of nitrogens with one attached hydrogen (secondary N) is 2. The van der Waals surface area contributed by atoms with Gasteiger partial charge in [0.15, 0.2) is 0 Å². The molecule has 4 amide bonds. The van der Waals surface area contributed by atoms with Gasteiger partial charge in [-0.1, -0.05) is 56.3 Å². The first-order valence-electron chi connectivity index (χ1n) is 17.1. The molecule has 0 aromatic heterocycles. The summed E-state index contributed by atoms with van der Waals surface area (Å²) >= 11 is 0. The Bertz CT molecular complexity index is 1460. The number of fused-ring (bicyclic) bond motifs is 4. The summed E-state index contributed by atoms with van der Waals surface area (Å²) in [5.74, 6) is -1.19. The van der Waals surface area contributed by atoms with Crippen molar-refractivity contribution in [1.29, 1.82) is 0 Å². The van der Waals surface area contributed by atoms with Gasteiger partial charge in [0, 0.05) is 31.4 Å². The van der Waals surface area contributed by atoms with Gasteiger partial charge in [0.1, 0.15) is 6.04 Å². The fourth-order valence-corrected chi connectivity index (χ4v) is 5.81. The zero-order chi connectivity index (χ0) is 35.0. The molecule has 49 heavy (non-hydrogen) atoms. The van der Waals surface area contributed by atoms with Gasteiger partial charge in [-0.2, -0.15) is 0 Å². The number of ether oxygens (including phenoxy) is 4. The van der Waals surface area contributed by atoms with E-state index < -0.39 is 11.9 Å². The van der Waals surface area contributed by atoms with Crippen LogP contribution in [0.25, 0.3) is 11.1 Å². The first-order chi connectivity index (χ1) is 23.8. The lowest BCUT2D eigenvalue weighted by molar-refractivity contribution is -0.129. The summed E-state index contributed by atoms with van der Waals surface area (Å²) in [6, 6.07) is 15.7. The van der Waals surface area contributed by atoms with Crippen molar-refractivity contribution in [3.8, 4) is 0 Å². The number of nitrogens with zero attached hydrogens (tertiary/aromatic N) is 1. The van der Waals surface area contributed by atoms with E-state index in [4.69, 9.17) is 24.7 Å². The third kappa shape index (κ3) is 11.5. The molecule has 0 saturated heterocycles. The number of allylic oxidation sites excluding steroid dienone is 2. The Kier molecular flexibility index (Phi) is 15.2. The number of amides is 4. The number of primary amides is 1. The minimum Gasteiger partial charge on any atom is -0.379 e. The lowest BCUT2D eigenvalue weighted by atomic mass is 9.77. The number of para-hydroxylation sites is 1. The molecule has 0 unspecified atom stereocenters. The highest BCUT2D eigenvalue weighted by molar-refractivity contribution is 6.05. The van der Waals surface area contributed by atoms with E-state index in [1.54, 1.807) is 0 Å². The van der Waals surface area contributed by atoms with Crippen LogP contribution < -0.4 is 21.3 Å². The zero-order valence-electron chi connectivity index (χ0n) is 28.7. The van der Waals surface area contributed by atoms with Crippen molar-refractivity contribution in [2.24, 2.45) is 11.7 Å². The van der Waals surface area contributed by atoms with Gasteiger partial charge >= 0.3 is 0 Å². The van der Waals surface area contributed by atoms with Gasteiger partial charge in [-0.25, -0.2) is 0 Å². The molecule has 0 fully saturated rings. The summed E-state index contributed by atoms with van der Waals surface area (Å²) in [6.45, 7) is 7.24. The quantitative estimate of drug-likeness (QED) is 0.170. The van der Waals surface area contributed by atoms with E-state index >= 15 is 0 Å². The highest BCUT2D eigenvalue weighted by Gasteiger charge is 2.30. The predicted molar refractivity (Wildman–Crippen MR) is 186 cm³/mol. The van der Waals surface area contributed by atoms with E-state index in [9.17, 15) is 19.2 Å². The van der Waals surface area contributed by atoms with Crippen LogP contribution in [0.5, 0.6) is 0 Å². The van der Waals surface area contributed by atoms with E-state index in [1.165, 1.54) is 16.7 Å². The Morgan fingerprint density at radius 2 is 1.29 bits per heavy atom. The number of carbonyl (C=O) groups excluding carboxylic acids is 4. The standard InChI is InChI=1S/C37H50N4O8/c1-26(2)36(37(38)45)40-34(43)15-17-46-19-21-48-23-24-49-22-20-47-18-16-39-33(42)13-14-35(44)41-25-27-7-3-4-8-28(27)29-11-12-30(29)31-9-5-6-10-32(31)41/h3-10,26,36H,11-25H2,1-2H3,(H2,38,45)(H,39,42)(H,40,43)/t36-/m0/s1. The summed E-state index contributed by atoms with van der Waals surface area (Å²) in [6.07, 6.45) is 2.40. The number of hydrogen-bond acceptors (Lipinski definition) is 8. The number of anilines is 1. The molecule has 4 rings (SSSR count). The normalized spacial score (nSPS) is 14.1. The molecule has 2 aliphatic rings. The molecule has 1 aliphatic heterocycles. The van der Waals surface area contributed by atoms with Crippen LogP contribution in [-0.4, -0.2) is 89.1 Å². The maximum atomic E-state index is 13.5. The summed E-state index contributed by atoms with van der Waals surface area (Å²) in [5.41, 5.74) is 12.3. The third-order valence-electron chi connectivity index (χ3n) is 8.49. The Balaban J connectivity index is 1.01. The highest BCUT2D eigenvalue weighted by Crippen LogP contribution is 2.48. The summed E-state index contributed by atoms with van der Waals surface area (Å²) in [7, 11) is 0. The summed E-state index contributed by atoms with van der Waals surface area (Å²) < 4.78 is 21.8. The molecule has 0 spiro atoms. The third-order valence-corrected chi connectivity index (χ3v) is 8.49. The van der Waals surface area contributed by atoms with Crippen LogP contribution >= 0.6 is 0 Å². The van der Waals surface area contributed by atoms with Gasteiger partial charge in [0.2, 0.25) is 23.6 Å². The average molecular weight is 679 g/mol. The van der Waals surface area contributed by atoms with Crippen LogP contribution in [-0.2, 0) is 44.7 Å². The predicted octanol–water partition coefficient (Wildman–Crippen LogP) is 3.22. The van der Waals surface area contributed by atoms with Crippen molar-refractivity contribution >= 4 is 40.5 Å². The second-order valence-electron chi connectivity index (χ2n) is 12.4. The van der Waals surface area contributed by atoms with E-state index in [0.29, 0.717) is 59.3 Å². The fourth-order valence-electron chi connectivity index (χ4n) is 5.81. The van der Waals surface area contributed by atoms with Crippen molar-refractivity contribution in [3.05, 3.63) is 65.2 Å². The maximum absolute atomic E-state index is 13.5. The Morgan fingerprint density at radius 1 is 0.714 bits per heavy atom. The molecule has 0 radical (unpaired) electrons. The van der Waals surface area contributed by atoms with Crippen molar-refractivity contribution in [2.75, 3.05) is 64.3 Å². The van der Waals surface area contributed by atoms with Crippen LogP contribution in [0.4, 0.5) is 5.69 Å². The second-order valence-corrected chi connectivity index (χ2v) is 12.4. The SMILES string of the molecule is CC(C)[C@H](NC(=O)CCOCCOCCOCCOCCNC(=O)CCC(=O)N1Cc2ccccc2C2=C(CC2)c2ccccc21)C(N)=O. The molecule has 4 N–H and O–H groups in total. The van der Waals surface area contributed by atoms with E-state index in [2.05, 4.69) is 28.8 Å². The van der Waals surface area contributed by atoms with Gasteiger partial charge < -0.3 is 40.2 Å². The largest absolute Gasteiger partial charge is 0.379 e. The fraction of sp³-hybridized carbons (Fsp3) is 0.514. The van der Waals surface area contributed by atoms with Crippen molar-refractivity contribution < 1.29 is 38.1 Å². The van der Waals surface area contributed by atoms with Crippen molar-refractivity contribution in [3.63, 3.8) is 0 Å². The molecular formula is C37H50N4O8. The van der Waals surface area contributed by atoms with E-state index in [0.717, 1.165) is 29.7 Å². The van der Waals surface area contributed by atoms with Gasteiger partial charge in [0.05, 0.1) is 65.1 Å². The van der Waals surface area contributed by atoms with Crippen LogP contribution in [0.3, 0.4) is 0 Å². The molecule has 1 atom stereocenters. The van der Waals surface area contributed by atoms with Crippen LogP contribution in [0, 0.1) is 5.92 Å². The molecule has 266 valence electrons. The second kappa shape index (κ2) is 19.8. The van der Waals surface area contributed by atoms with Gasteiger partial charge in [-0.05, 0) is 47.1 Å². The molecule has 2 aromatic rings. The van der Waals surface area contributed by atoms with E-state index in [1.807, 2.05) is 49.1 Å². The molecule has 0 bridgehead atoms. The van der Waals surface area contributed by atoms with E-state index in [-0.39, 0.29) is 49.5 Å². The van der Waals surface area contributed by atoms with Crippen molar-refractivity contribution in [1.82, 2.24) is 10.6 Å². The number of benzene rings is 2. The first kappa shape index (κ1) is 37.7. The van der Waals surface area contributed by atoms with Gasteiger partial charge in [-0.15, -0.1) is 0 Å². The van der Waals surface area contributed by atoms with Crippen molar-refractivity contribution in [2.45, 2.75) is 58.5 Å². The number of rotatable bonds is 21. The van der Waals surface area contributed by atoms with Gasteiger partial charge in [-0.3, -0.25) is 19.2 Å². The molecular weight excluding hydrogens is 628 g/mol. The Labute approximate surface area is 288 Å². The minimum absolute atomic E-state index is 0.0757. The maximum Gasteiger partial charge on any atom is 0.240 e. The topological polar surface area (TPSA) is 159 Å². The lowest BCUT2D eigenvalue weighted by Gasteiger charge is -2.35. The lowest BCUT2D eigenvalue weighted by Crippen LogP contribution is -2.47. The monoisotopic (exact) mass is 678 g/mol. The minimum atomic E-state index is -0.691. The highest BCUT2D eigenvalue weighted by atomic mass is 16.6. The van der Waals surface area contributed by atoms with Gasteiger partial charge in [0.25, 0.3) is 0 Å². The number of carbonyl (C=O) groups is 4.